The molecule has 0 saturated carbocycles. The van der Waals surface area contributed by atoms with Crippen LogP contribution in [0.4, 0.5) is 0 Å². The van der Waals surface area contributed by atoms with Gasteiger partial charge in [-0.2, -0.15) is 4.68 Å². The van der Waals surface area contributed by atoms with Crippen molar-refractivity contribution in [1.82, 2.24) is 25.5 Å². The molecule has 1 aromatic heterocycles. The number of hydrogen-bond donors (Lipinski definition) is 1. The highest BCUT2D eigenvalue weighted by Gasteiger charge is 2.28. The molecule has 0 spiro atoms. The summed E-state index contributed by atoms with van der Waals surface area (Å²) >= 11 is 0. The van der Waals surface area contributed by atoms with Crippen LogP contribution in [0, 0.1) is 5.92 Å². The summed E-state index contributed by atoms with van der Waals surface area (Å²) in [6, 6.07) is 10.4. The van der Waals surface area contributed by atoms with Gasteiger partial charge in [-0.25, -0.2) is 0 Å². The van der Waals surface area contributed by atoms with Gasteiger partial charge in [0.15, 0.2) is 5.82 Å². The monoisotopic (exact) mass is 287 g/mol. The molecule has 0 radical (unpaired) electrons. The lowest BCUT2D eigenvalue weighted by molar-refractivity contribution is 0.358. The minimum absolute atomic E-state index is 0.270. The number of tetrazole rings is 1. The van der Waals surface area contributed by atoms with Crippen LogP contribution in [-0.4, -0.2) is 32.8 Å². The Bertz CT molecular complexity index is 535. The van der Waals surface area contributed by atoms with Gasteiger partial charge in [-0.05, 0) is 48.4 Å². The van der Waals surface area contributed by atoms with Crippen LogP contribution in [-0.2, 0) is 0 Å². The van der Waals surface area contributed by atoms with Gasteiger partial charge < -0.3 is 5.32 Å². The molecule has 1 aromatic carbocycles. The fourth-order valence-corrected chi connectivity index (χ4v) is 2.75. The summed E-state index contributed by atoms with van der Waals surface area (Å²) in [4.78, 5) is 0. The first-order chi connectivity index (χ1) is 10.1. The van der Waals surface area contributed by atoms with E-state index in [4.69, 9.17) is 0 Å². The zero-order valence-corrected chi connectivity index (χ0v) is 13.3. The minimum Gasteiger partial charge on any atom is -0.314 e. The van der Waals surface area contributed by atoms with E-state index in [-0.39, 0.29) is 5.92 Å². The van der Waals surface area contributed by atoms with Crippen LogP contribution in [0.1, 0.15) is 45.9 Å². The largest absolute Gasteiger partial charge is 0.314 e. The van der Waals surface area contributed by atoms with Gasteiger partial charge in [0, 0.05) is 12.0 Å². The Labute approximate surface area is 126 Å². The van der Waals surface area contributed by atoms with Gasteiger partial charge in [-0.15, -0.1) is 5.10 Å². The minimum atomic E-state index is 0.270. The highest BCUT2D eigenvalue weighted by Crippen LogP contribution is 2.27. The third kappa shape index (κ3) is 3.67. The number of para-hydroxylation sites is 1. The van der Waals surface area contributed by atoms with E-state index in [0.29, 0.717) is 12.0 Å². The van der Waals surface area contributed by atoms with E-state index < -0.39 is 0 Å². The smallest absolute Gasteiger partial charge is 0.161 e. The molecule has 0 saturated heterocycles. The number of nitrogens with zero attached hydrogens (tertiary/aromatic N) is 4. The van der Waals surface area contributed by atoms with Crippen molar-refractivity contribution < 1.29 is 0 Å². The maximum Gasteiger partial charge on any atom is 0.161 e. The van der Waals surface area contributed by atoms with Gasteiger partial charge in [-0.1, -0.05) is 39.0 Å². The average molecular weight is 287 g/mol. The number of aromatic nitrogens is 4. The first-order valence-corrected chi connectivity index (χ1v) is 7.72. The Kier molecular flexibility index (Phi) is 5.44. The van der Waals surface area contributed by atoms with Gasteiger partial charge in [0.2, 0.25) is 0 Å². The maximum absolute atomic E-state index is 4.31. The Hall–Kier alpha value is -1.75. The average Bonchev–Trinajstić information content (AvgIpc) is 2.95. The summed E-state index contributed by atoms with van der Waals surface area (Å²) in [7, 11) is 0. The van der Waals surface area contributed by atoms with Crippen molar-refractivity contribution in [1.29, 1.82) is 0 Å². The molecule has 2 rings (SSSR count). The second kappa shape index (κ2) is 7.31. The molecule has 0 aliphatic carbocycles. The molecule has 1 heterocycles. The predicted octanol–water partition coefficient (Wildman–Crippen LogP) is 2.79. The van der Waals surface area contributed by atoms with Crippen molar-refractivity contribution in [3.63, 3.8) is 0 Å². The molecule has 2 atom stereocenters. The van der Waals surface area contributed by atoms with E-state index >= 15 is 0 Å². The summed E-state index contributed by atoms with van der Waals surface area (Å²) in [5.41, 5.74) is 1.01. The third-order valence-corrected chi connectivity index (χ3v) is 3.77. The quantitative estimate of drug-likeness (QED) is 0.851. The number of rotatable bonds is 7. The molecule has 0 bridgehead atoms. The van der Waals surface area contributed by atoms with Crippen molar-refractivity contribution in [2.45, 2.75) is 46.1 Å². The predicted molar refractivity (Wildman–Crippen MR) is 84.5 cm³/mol. The maximum atomic E-state index is 4.31. The molecule has 0 aliphatic rings. The highest BCUT2D eigenvalue weighted by molar-refractivity contribution is 5.31. The lowest BCUT2D eigenvalue weighted by atomic mass is 9.88. The van der Waals surface area contributed by atoms with E-state index in [9.17, 15) is 0 Å². The standard InChI is InChI=1S/C16H25N5/c1-5-11-17-13(4)15(12(2)3)16-18-19-20-21(16)14-9-7-6-8-10-14/h6-10,12-13,15,17H,5,11H2,1-4H3. The Morgan fingerprint density at radius 2 is 1.86 bits per heavy atom. The number of hydrogen-bond acceptors (Lipinski definition) is 4. The van der Waals surface area contributed by atoms with Crippen LogP contribution in [0.5, 0.6) is 0 Å². The lowest BCUT2D eigenvalue weighted by Gasteiger charge is -2.27. The molecule has 21 heavy (non-hydrogen) atoms. The number of nitrogens with one attached hydrogen (secondary N) is 1. The molecule has 0 amide bonds. The number of benzene rings is 1. The fraction of sp³-hybridized carbons (Fsp3) is 0.562. The SMILES string of the molecule is CCCNC(C)C(c1nnnn1-c1ccccc1)C(C)C. The van der Waals surface area contributed by atoms with Crippen molar-refractivity contribution in [2.75, 3.05) is 6.54 Å². The molecule has 2 unspecified atom stereocenters. The molecule has 114 valence electrons. The lowest BCUT2D eigenvalue weighted by Crippen LogP contribution is -2.36. The van der Waals surface area contributed by atoms with E-state index in [1.54, 1.807) is 0 Å². The fourth-order valence-electron chi connectivity index (χ4n) is 2.75. The molecule has 1 N–H and O–H groups in total. The molecular weight excluding hydrogens is 262 g/mol. The topological polar surface area (TPSA) is 55.6 Å². The van der Waals surface area contributed by atoms with Gasteiger partial charge >= 0.3 is 0 Å². The second-order valence-corrected chi connectivity index (χ2v) is 5.80. The first-order valence-electron chi connectivity index (χ1n) is 7.72. The summed E-state index contributed by atoms with van der Waals surface area (Å²) < 4.78 is 1.86. The van der Waals surface area contributed by atoms with Crippen molar-refractivity contribution in [2.24, 2.45) is 5.92 Å². The highest BCUT2D eigenvalue weighted by atomic mass is 15.5. The molecule has 0 fully saturated rings. The summed E-state index contributed by atoms with van der Waals surface area (Å²) in [5, 5.41) is 16.0. The van der Waals surface area contributed by atoms with Crippen LogP contribution in [0.15, 0.2) is 30.3 Å². The Morgan fingerprint density at radius 1 is 1.14 bits per heavy atom. The van der Waals surface area contributed by atoms with Crippen LogP contribution >= 0.6 is 0 Å². The first kappa shape index (κ1) is 15.6. The molecule has 2 aromatic rings. The van der Waals surface area contributed by atoms with Crippen LogP contribution in [0.3, 0.4) is 0 Å². The van der Waals surface area contributed by atoms with Gasteiger partial charge in [0.1, 0.15) is 0 Å². The molecule has 5 heteroatoms. The van der Waals surface area contributed by atoms with Crippen molar-refractivity contribution in [3.05, 3.63) is 36.2 Å². The zero-order chi connectivity index (χ0) is 15.2. The second-order valence-electron chi connectivity index (χ2n) is 5.80. The van der Waals surface area contributed by atoms with Crippen LogP contribution < -0.4 is 5.32 Å². The Balaban J connectivity index is 2.32. The summed E-state index contributed by atoms with van der Waals surface area (Å²) in [6.45, 7) is 9.84. The van der Waals surface area contributed by atoms with E-state index in [1.807, 2.05) is 35.0 Å². The van der Waals surface area contributed by atoms with E-state index in [0.717, 1.165) is 24.5 Å². The van der Waals surface area contributed by atoms with Crippen molar-refractivity contribution in [3.8, 4) is 5.69 Å². The van der Waals surface area contributed by atoms with E-state index in [1.165, 1.54) is 0 Å². The van der Waals surface area contributed by atoms with Crippen LogP contribution in [0.2, 0.25) is 0 Å². The van der Waals surface area contributed by atoms with Gasteiger partial charge in [-0.3, -0.25) is 0 Å². The molecule has 0 aliphatic heterocycles. The van der Waals surface area contributed by atoms with Gasteiger partial charge in [0.05, 0.1) is 5.69 Å². The third-order valence-electron chi connectivity index (χ3n) is 3.77. The van der Waals surface area contributed by atoms with Crippen molar-refractivity contribution >= 4 is 0 Å². The summed E-state index contributed by atoms with van der Waals surface area (Å²) in [6.07, 6.45) is 1.12. The molecular formula is C16H25N5. The summed E-state index contributed by atoms with van der Waals surface area (Å²) in [5.74, 6) is 1.65. The van der Waals surface area contributed by atoms with Gasteiger partial charge in [0.25, 0.3) is 0 Å². The molecule has 5 nitrogen and oxygen atoms in total. The van der Waals surface area contributed by atoms with E-state index in [2.05, 4.69) is 48.5 Å². The zero-order valence-electron chi connectivity index (χ0n) is 13.3. The normalized spacial score (nSPS) is 14.3. The Morgan fingerprint density at radius 3 is 2.48 bits per heavy atom. The van der Waals surface area contributed by atoms with Crippen LogP contribution in [0.25, 0.3) is 5.69 Å².